The summed E-state index contributed by atoms with van der Waals surface area (Å²) in [5.74, 6) is 0. The minimum Gasteiger partial charge on any atom is -0.854 e. The first kappa shape index (κ1) is 66.2. The maximum Gasteiger partial charge on any atom is 4.00 e. The van der Waals surface area contributed by atoms with Gasteiger partial charge >= 0.3 is 21.7 Å². The second-order valence-electron chi connectivity index (χ2n) is 11.7. The maximum atomic E-state index is 10.1. The van der Waals surface area contributed by atoms with Crippen molar-refractivity contribution >= 4 is 0 Å². The second kappa shape index (κ2) is 62.7. The van der Waals surface area contributed by atoms with Gasteiger partial charge in [-0.2, -0.15) is 0 Å². The Labute approximate surface area is 362 Å². The summed E-state index contributed by atoms with van der Waals surface area (Å²) in [6.07, 6.45) is 8.43. The first-order valence-corrected chi connectivity index (χ1v) is 20.6. The number of rotatable bonds is 40. The molecule has 0 aliphatic rings. The minimum absolute atomic E-state index is 0. The van der Waals surface area contributed by atoms with Crippen LogP contribution in [-0.4, -0.2) is 159 Å². The molecule has 57 heavy (non-hydrogen) atoms. The normalized spacial score (nSPS) is 12.8. The molecule has 4 atom stereocenters. The Morgan fingerprint density at radius 1 is 0.316 bits per heavy atom. The molecular weight excluding hydrogens is 784 g/mol. The van der Waals surface area contributed by atoms with Crippen LogP contribution in [0.15, 0.2) is 0 Å². The Morgan fingerprint density at radius 3 is 0.649 bits per heavy atom. The van der Waals surface area contributed by atoms with Crippen LogP contribution in [0.1, 0.15) is 105 Å². The van der Waals surface area contributed by atoms with E-state index in [0.717, 1.165) is 51.4 Å². The summed E-state index contributed by atoms with van der Waals surface area (Å²) in [5, 5.41) is 40.4. The van der Waals surface area contributed by atoms with Gasteiger partial charge in [0.1, 0.15) is 0 Å². The molecule has 0 saturated carbocycles. The van der Waals surface area contributed by atoms with Crippen molar-refractivity contribution in [3.8, 4) is 0 Å². The largest absolute Gasteiger partial charge is 4.00 e. The minimum atomic E-state index is -0.167. The van der Waals surface area contributed by atoms with Gasteiger partial charge < -0.3 is 77.3 Å². The summed E-state index contributed by atoms with van der Waals surface area (Å²) < 4.78 is 62.6. The predicted octanol–water partition coefficient (Wildman–Crippen LogP) is 2.17. The Kier molecular flexibility index (Phi) is 72.8. The molecule has 0 N–H and O–H groups in total. The average molecular weight is 869 g/mol. The molecule has 0 spiro atoms. The Balaban J connectivity index is -0.000000210. The molecule has 0 heterocycles. The Hall–Kier alpha value is 0.0743. The van der Waals surface area contributed by atoms with Crippen molar-refractivity contribution < 1.29 is 99.0 Å². The molecule has 344 valence electrons. The fourth-order valence-electron chi connectivity index (χ4n) is 4.17. The molecule has 0 aromatic carbocycles. The van der Waals surface area contributed by atoms with Gasteiger partial charge in [-0.3, -0.25) is 0 Å². The quantitative estimate of drug-likeness (QED) is 0.0492. The van der Waals surface area contributed by atoms with E-state index in [1.54, 1.807) is 28.4 Å². The Bertz CT molecular complexity index is 544. The fourth-order valence-corrected chi connectivity index (χ4v) is 4.17. The van der Waals surface area contributed by atoms with E-state index in [0.29, 0.717) is 105 Å². The van der Waals surface area contributed by atoms with Crippen LogP contribution in [0.5, 0.6) is 0 Å². The molecule has 0 aliphatic carbocycles. The van der Waals surface area contributed by atoms with Crippen LogP contribution in [0, 0.1) is 0 Å². The summed E-state index contributed by atoms with van der Waals surface area (Å²) in [6, 6.07) is 0. The average Bonchev–Trinajstić information content (AvgIpc) is 3.22. The zero-order chi connectivity index (χ0) is 42.6. The van der Waals surface area contributed by atoms with Gasteiger partial charge in [0.25, 0.3) is 0 Å². The van der Waals surface area contributed by atoms with E-state index in [2.05, 4.69) is 0 Å². The number of hydrogen-bond donors (Lipinski definition) is 0. The third kappa shape index (κ3) is 60.5. The first-order valence-electron chi connectivity index (χ1n) is 20.6. The van der Waals surface area contributed by atoms with Crippen molar-refractivity contribution in [1.29, 1.82) is 0 Å². The SMILES string of the molecule is CCOC(CCOCCCC[O-])OC.CCOC(CCOCCCC[O-])OC.CCOC(CCOCCCC[O-])OC.CCOC(CCOCCCC[O-])OC.[Ti+4]. The summed E-state index contributed by atoms with van der Waals surface area (Å²) in [6.45, 7) is 15.4. The van der Waals surface area contributed by atoms with Crippen molar-refractivity contribution in [2.75, 3.05) is 134 Å². The molecule has 4 unspecified atom stereocenters. The summed E-state index contributed by atoms with van der Waals surface area (Å²) in [7, 11) is 6.49. The van der Waals surface area contributed by atoms with Crippen molar-refractivity contribution in [3.05, 3.63) is 0 Å². The standard InChI is InChI=1S/4C10H21O4.Ti/c4*1-3-14-10(12-2)6-9-13-8-5-4-7-11;/h4*10H,3-9H2,1-2H3;/q4*-1;+4. The van der Waals surface area contributed by atoms with E-state index in [4.69, 9.17) is 56.8 Å². The van der Waals surface area contributed by atoms with Crippen molar-refractivity contribution in [2.45, 2.75) is 130 Å². The first-order chi connectivity index (χ1) is 27.4. The zero-order valence-electron chi connectivity index (χ0n) is 37.1. The smallest absolute Gasteiger partial charge is 0.854 e. The van der Waals surface area contributed by atoms with Gasteiger partial charge in [-0.25, -0.2) is 0 Å². The third-order valence-electron chi connectivity index (χ3n) is 7.19. The molecule has 0 bridgehead atoms. The van der Waals surface area contributed by atoms with Gasteiger partial charge in [-0.15, -0.1) is 26.4 Å². The van der Waals surface area contributed by atoms with Gasteiger partial charge in [-0.05, 0) is 53.4 Å². The van der Waals surface area contributed by atoms with Crippen molar-refractivity contribution in [3.63, 3.8) is 0 Å². The molecule has 0 saturated heterocycles. The van der Waals surface area contributed by atoms with E-state index in [9.17, 15) is 20.4 Å². The van der Waals surface area contributed by atoms with Gasteiger partial charge in [0.15, 0.2) is 25.2 Å². The molecule has 0 rings (SSSR count). The molecule has 17 heteroatoms. The molecule has 16 nitrogen and oxygen atoms in total. The molecule has 0 fully saturated rings. The molecule has 0 aliphatic heterocycles. The fraction of sp³-hybridized carbons (Fsp3) is 1.00. The third-order valence-corrected chi connectivity index (χ3v) is 7.19. The number of methoxy groups -OCH3 is 4. The van der Waals surface area contributed by atoms with Gasteiger partial charge in [0.05, 0.1) is 26.4 Å². The zero-order valence-corrected chi connectivity index (χ0v) is 38.7. The molecular formula is C40H84O16Ti. The molecule has 0 aromatic heterocycles. The summed E-state index contributed by atoms with van der Waals surface area (Å²) >= 11 is 0. The molecule has 0 aromatic rings. The van der Waals surface area contributed by atoms with E-state index < -0.39 is 0 Å². The van der Waals surface area contributed by atoms with E-state index in [1.165, 1.54) is 0 Å². The van der Waals surface area contributed by atoms with Crippen LogP contribution < -0.4 is 20.4 Å². The van der Waals surface area contributed by atoms with Crippen LogP contribution in [0.3, 0.4) is 0 Å². The van der Waals surface area contributed by atoms with E-state index in [-0.39, 0.29) is 73.3 Å². The monoisotopic (exact) mass is 869 g/mol. The van der Waals surface area contributed by atoms with Crippen LogP contribution >= 0.6 is 0 Å². The van der Waals surface area contributed by atoms with Crippen LogP contribution in [0.25, 0.3) is 0 Å². The number of ether oxygens (including phenoxy) is 12. The van der Waals surface area contributed by atoms with Crippen molar-refractivity contribution in [2.24, 2.45) is 0 Å². The number of unbranched alkanes of at least 4 members (excludes halogenated alkanes) is 4. The van der Waals surface area contributed by atoms with Gasteiger partial charge in [0.2, 0.25) is 0 Å². The van der Waals surface area contributed by atoms with Gasteiger partial charge in [-0.1, -0.05) is 25.7 Å². The van der Waals surface area contributed by atoms with Crippen LogP contribution in [0.4, 0.5) is 0 Å². The maximum absolute atomic E-state index is 10.1. The number of hydrogen-bond acceptors (Lipinski definition) is 16. The Morgan fingerprint density at radius 2 is 0.509 bits per heavy atom. The van der Waals surface area contributed by atoms with Crippen LogP contribution in [0.2, 0.25) is 0 Å². The van der Waals surface area contributed by atoms with Crippen LogP contribution in [-0.2, 0) is 78.6 Å². The van der Waals surface area contributed by atoms with Crippen molar-refractivity contribution in [1.82, 2.24) is 0 Å². The summed E-state index contributed by atoms with van der Waals surface area (Å²) in [5.41, 5.74) is 0. The van der Waals surface area contributed by atoms with Gasteiger partial charge in [0, 0.05) is 107 Å². The predicted molar refractivity (Wildman–Crippen MR) is 208 cm³/mol. The summed E-state index contributed by atoms with van der Waals surface area (Å²) in [4.78, 5) is 0. The topological polar surface area (TPSA) is 203 Å². The molecule has 0 amide bonds. The van der Waals surface area contributed by atoms with E-state index >= 15 is 0 Å². The van der Waals surface area contributed by atoms with E-state index in [1.807, 2.05) is 27.7 Å². The second-order valence-corrected chi connectivity index (χ2v) is 11.7. The molecule has 0 radical (unpaired) electrons.